The number of pyridine rings is 1. The van der Waals surface area contributed by atoms with Gasteiger partial charge in [-0.2, -0.15) is 0 Å². The van der Waals surface area contributed by atoms with E-state index in [9.17, 15) is 0 Å². The van der Waals surface area contributed by atoms with Gasteiger partial charge in [-0.15, -0.1) is 29.9 Å². The molecule has 3 heterocycles. The molecule has 0 radical (unpaired) electrons. The number of hydrogen-bond acceptors (Lipinski definition) is 5. The molecule has 1 aromatic carbocycles. The summed E-state index contributed by atoms with van der Waals surface area (Å²) >= 11 is 6.00. The van der Waals surface area contributed by atoms with Gasteiger partial charge in [0.05, 0.1) is 30.1 Å². The Balaban J connectivity index is 0.00000121. The molecule has 1 aliphatic heterocycles. The van der Waals surface area contributed by atoms with Crippen LogP contribution < -0.4 is 10.6 Å². The molecule has 1 aliphatic rings. The van der Waals surface area contributed by atoms with Gasteiger partial charge in [-0.1, -0.05) is 11.6 Å². The van der Waals surface area contributed by atoms with E-state index in [4.69, 9.17) is 27.2 Å². The minimum absolute atomic E-state index is 0. The molecule has 9 heteroatoms. The Labute approximate surface area is 169 Å². The molecule has 0 amide bonds. The van der Waals surface area contributed by atoms with Crippen molar-refractivity contribution in [1.29, 1.82) is 0 Å². The number of aromatic nitrogens is 3. The van der Waals surface area contributed by atoms with E-state index in [2.05, 4.69) is 9.88 Å². The quantitative estimate of drug-likeness (QED) is 0.710. The molecule has 0 spiro atoms. The summed E-state index contributed by atoms with van der Waals surface area (Å²) in [5.41, 5.74) is 7.68. The largest absolute Gasteiger partial charge is 0.373 e. The van der Waals surface area contributed by atoms with Crippen LogP contribution >= 0.6 is 36.4 Å². The van der Waals surface area contributed by atoms with Crippen LogP contribution in [0.25, 0.3) is 16.6 Å². The first-order valence-electron chi connectivity index (χ1n) is 7.91. The van der Waals surface area contributed by atoms with E-state index in [0.717, 1.165) is 35.5 Å². The number of morpholine rings is 1. The molecule has 4 rings (SSSR count). The zero-order valence-electron chi connectivity index (χ0n) is 13.9. The molecular weight excluding hydrogens is 397 g/mol. The Bertz CT molecular complexity index is 855. The van der Waals surface area contributed by atoms with Gasteiger partial charge in [0.25, 0.3) is 0 Å². The van der Waals surface area contributed by atoms with E-state index in [0.29, 0.717) is 18.2 Å². The predicted octanol–water partition coefficient (Wildman–Crippen LogP) is 3.08. The number of anilines is 1. The maximum atomic E-state index is 6.00. The number of nitrogens with zero attached hydrogens (tertiary/aromatic N) is 4. The second-order valence-corrected chi connectivity index (χ2v) is 6.22. The minimum Gasteiger partial charge on any atom is -0.373 e. The normalized spacial score (nSPS) is 16.8. The number of hydrogen-bond donors (Lipinski definition) is 1. The van der Waals surface area contributed by atoms with E-state index >= 15 is 0 Å². The van der Waals surface area contributed by atoms with Gasteiger partial charge in [-0.3, -0.25) is 4.98 Å². The fraction of sp³-hybridized carbons (Fsp3) is 0.294. The molecule has 2 aromatic heterocycles. The molecular formula is C17H20Cl3N5O. The Morgan fingerprint density at radius 3 is 2.69 bits per heavy atom. The lowest BCUT2D eigenvalue weighted by Gasteiger charge is -2.32. The summed E-state index contributed by atoms with van der Waals surface area (Å²) in [5.74, 6) is 0.934. The maximum Gasteiger partial charge on any atom is 0.159 e. The van der Waals surface area contributed by atoms with Gasteiger partial charge in [0.2, 0.25) is 0 Å². The van der Waals surface area contributed by atoms with E-state index in [1.54, 1.807) is 6.20 Å². The first-order chi connectivity index (χ1) is 11.8. The lowest BCUT2D eigenvalue weighted by Crippen LogP contribution is -2.46. The number of halogens is 3. The summed E-state index contributed by atoms with van der Waals surface area (Å²) in [4.78, 5) is 6.49. The first-order valence-corrected chi connectivity index (χ1v) is 8.29. The lowest BCUT2D eigenvalue weighted by molar-refractivity contribution is 0.0463. The van der Waals surface area contributed by atoms with Crippen LogP contribution in [0.15, 0.2) is 42.7 Å². The smallest absolute Gasteiger partial charge is 0.159 e. The average Bonchev–Trinajstić information content (AvgIpc) is 3.02. The van der Waals surface area contributed by atoms with Gasteiger partial charge in [0.15, 0.2) is 5.82 Å². The summed E-state index contributed by atoms with van der Waals surface area (Å²) in [7, 11) is 0. The van der Waals surface area contributed by atoms with Crippen molar-refractivity contribution in [2.24, 2.45) is 5.73 Å². The highest BCUT2D eigenvalue weighted by Crippen LogP contribution is 2.29. The maximum absolute atomic E-state index is 6.00. The molecule has 1 fully saturated rings. The lowest BCUT2D eigenvalue weighted by atomic mass is 10.2. The van der Waals surface area contributed by atoms with Crippen molar-refractivity contribution in [2.75, 3.05) is 31.1 Å². The fourth-order valence-corrected chi connectivity index (χ4v) is 3.14. The first kappa shape index (κ1) is 20.7. The second kappa shape index (κ2) is 8.88. The molecule has 1 unspecified atom stereocenters. The Morgan fingerprint density at radius 2 is 1.96 bits per heavy atom. The zero-order chi connectivity index (χ0) is 16.5. The third-order valence-electron chi connectivity index (χ3n) is 4.24. The van der Waals surface area contributed by atoms with Crippen molar-refractivity contribution < 1.29 is 4.74 Å². The Kier molecular flexibility index (Phi) is 7.08. The van der Waals surface area contributed by atoms with Gasteiger partial charge >= 0.3 is 0 Å². The Morgan fingerprint density at radius 1 is 1.19 bits per heavy atom. The van der Waals surface area contributed by atoms with Crippen LogP contribution in [-0.4, -0.2) is 47.1 Å². The summed E-state index contributed by atoms with van der Waals surface area (Å²) < 4.78 is 7.57. The van der Waals surface area contributed by atoms with Crippen molar-refractivity contribution in [3.8, 4) is 5.69 Å². The number of fused-ring (bicyclic) bond motifs is 1. The highest BCUT2D eigenvalue weighted by Gasteiger charge is 2.24. The van der Waals surface area contributed by atoms with E-state index < -0.39 is 0 Å². The van der Waals surface area contributed by atoms with Gasteiger partial charge in [-0.25, -0.2) is 4.68 Å². The average molecular weight is 417 g/mol. The summed E-state index contributed by atoms with van der Waals surface area (Å²) in [5, 5.41) is 6.61. The van der Waals surface area contributed by atoms with Crippen molar-refractivity contribution in [3.63, 3.8) is 0 Å². The third kappa shape index (κ3) is 3.89. The van der Waals surface area contributed by atoms with Gasteiger partial charge in [0, 0.05) is 36.2 Å². The van der Waals surface area contributed by atoms with Crippen LogP contribution in [0.2, 0.25) is 5.02 Å². The SMILES string of the molecule is Cl.Cl.NCC1CN(c2nn(-c3ccc(Cl)cc3)c3cnccc23)CCO1. The molecule has 140 valence electrons. The standard InChI is InChI=1S/C17H18ClN5O.2ClH/c18-12-1-3-13(4-2-12)23-16-10-20-6-5-15(16)17(21-23)22-7-8-24-14(9-19)11-22;;/h1-6,10,14H,7-9,11,19H2;2*1H. The minimum atomic E-state index is 0. The van der Waals surface area contributed by atoms with Crippen LogP contribution in [0.1, 0.15) is 0 Å². The Hall–Kier alpha value is -1.57. The molecule has 0 aliphatic carbocycles. The zero-order valence-corrected chi connectivity index (χ0v) is 16.3. The third-order valence-corrected chi connectivity index (χ3v) is 4.49. The van der Waals surface area contributed by atoms with Crippen LogP contribution in [0, 0.1) is 0 Å². The van der Waals surface area contributed by atoms with Crippen LogP contribution in [0.4, 0.5) is 5.82 Å². The molecule has 6 nitrogen and oxygen atoms in total. The number of rotatable bonds is 3. The summed E-state index contributed by atoms with van der Waals surface area (Å²) in [6.07, 6.45) is 3.67. The van der Waals surface area contributed by atoms with E-state index in [1.807, 2.05) is 41.2 Å². The predicted molar refractivity (Wildman–Crippen MR) is 109 cm³/mol. The van der Waals surface area contributed by atoms with Gasteiger partial charge < -0.3 is 15.4 Å². The molecule has 3 aromatic rings. The summed E-state index contributed by atoms with van der Waals surface area (Å²) in [6.45, 7) is 2.70. The molecule has 0 bridgehead atoms. The van der Waals surface area contributed by atoms with Crippen molar-refractivity contribution in [1.82, 2.24) is 14.8 Å². The number of ether oxygens (including phenoxy) is 1. The van der Waals surface area contributed by atoms with E-state index in [-0.39, 0.29) is 30.9 Å². The highest BCUT2D eigenvalue weighted by molar-refractivity contribution is 6.30. The molecule has 1 atom stereocenters. The van der Waals surface area contributed by atoms with Gasteiger partial charge in [0.1, 0.15) is 0 Å². The summed E-state index contributed by atoms with van der Waals surface area (Å²) in [6, 6.07) is 9.62. The van der Waals surface area contributed by atoms with Crippen molar-refractivity contribution in [2.45, 2.75) is 6.10 Å². The monoisotopic (exact) mass is 415 g/mol. The van der Waals surface area contributed by atoms with Crippen LogP contribution in [0.5, 0.6) is 0 Å². The second-order valence-electron chi connectivity index (χ2n) is 5.78. The number of benzene rings is 1. The van der Waals surface area contributed by atoms with E-state index in [1.165, 1.54) is 0 Å². The van der Waals surface area contributed by atoms with Gasteiger partial charge in [-0.05, 0) is 30.3 Å². The topological polar surface area (TPSA) is 69.2 Å². The van der Waals surface area contributed by atoms with Crippen molar-refractivity contribution in [3.05, 3.63) is 47.7 Å². The van der Waals surface area contributed by atoms with Crippen LogP contribution in [0.3, 0.4) is 0 Å². The van der Waals surface area contributed by atoms with Crippen molar-refractivity contribution >= 4 is 53.1 Å². The number of nitrogens with two attached hydrogens (primary N) is 1. The van der Waals surface area contributed by atoms with Crippen LogP contribution in [-0.2, 0) is 4.74 Å². The molecule has 2 N–H and O–H groups in total. The highest BCUT2D eigenvalue weighted by atomic mass is 35.5. The molecule has 1 saturated heterocycles. The fourth-order valence-electron chi connectivity index (χ4n) is 3.01. The molecule has 26 heavy (non-hydrogen) atoms. The molecule has 0 saturated carbocycles.